The second-order valence-corrected chi connectivity index (χ2v) is 8.11. The lowest BCUT2D eigenvalue weighted by molar-refractivity contribution is 0.100. The van der Waals surface area contributed by atoms with Gasteiger partial charge in [-0.05, 0) is 55.8 Å². The number of halogens is 1. The molecule has 4 aromatic rings. The van der Waals surface area contributed by atoms with E-state index in [9.17, 15) is 14.0 Å². The number of benzene rings is 2. The van der Waals surface area contributed by atoms with Crippen LogP contribution in [0.25, 0.3) is 22.2 Å². The average Bonchev–Trinajstić information content (AvgIpc) is 3.00. The Bertz CT molecular complexity index is 1300. The summed E-state index contributed by atoms with van der Waals surface area (Å²) in [4.78, 5) is 30.6. The minimum atomic E-state index is -0.585. The van der Waals surface area contributed by atoms with Gasteiger partial charge < -0.3 is 11.1 Å². The quantitative estimate of drug-likeness (QED) is 0.484. The Morgan fingerprint density at radius 2 is 1.77 bits per heavy atom. The highest BCUT2D eigenvalue weighted by molar-refractivity contribution is 7.16. The number of thiophene rings is 1. The molecule has 3 N–H and O–H groups in total. The van der Waals surface area contributed by atoms with Crippen molar-refractivity contribution >= 4 is 39.1 Å². The number of carbonyl (C=O) groups excluding carboxylic acids is 2. The van der Waals surface area contributed by atoms with Crippen molar-refractivity contribution in [2.45, 2.75) is 13.8 Å². The second kappa shape index (κ2) is 7.68. The van der Waals surface area contributed by atoms with E-state index in [0.717, 1.165) is 10.4 Å². The highest BCUT2D eigenvalue weighted by atomic mass is 32.1. The topological polar surface area (TPSA) is 85.1 Å². The van der Waals surface area contributed by atoms with E-state index in [1.54, 1.807) is 25.1 Å². The molecule has 0 bridgehead atoms. The molecule has 0 atom stereocenters. The lowest BCUT2D eigenvalue weighted by Gasteiger charge is -2.11. The third-order valence-corrected chi connectivity index (χ3v) is 6.08. The standard InChI is InChI=1S/C23H18FN3O2S/c1-12-13(2)30-23(20(12)21(25)28)27-22(29)17-11-19(14-7-9-15(24)10-8-14)26-18-6-4-3-5-16(17)18/h3-11H,1-2H3,(H2,25,28)(H,27,29). The molecule has 4 rings (SSSR count). The van der Waals surface area contributed by atoms with Crippen LogP contribution in [0.2, 0.25) is 0 Å². The molecule has 5 nitrogen and oxygen atoms in total. The molecule has 0 saturated heterocycles. The molecule has 2 amide bonds. The van der Waals surface area contributed by atoms with Crippen molar-refractivity contribution in [3.63, 3.8) is 0 Å². The lowest BCUT2D eigenvalue weighted by Crippen LogP contribution is -2.18. The maximum absolute atomic E-state index is 13.3. The normalized spacial score (nSPS) is 10.9. The van der Waals surface area contributed by atoms with Crippen LogP contribution in [0.15, 0.2) is 54.6 Å². The van der Waals surface area contributed by atoms with Gasteiger partial charge in [-0.15, -0.1) is 11.3 Å². The summed E-state index contributed by atoms with van der Waals surface area (Å²) in [5.41, 5.74) is 8.88. The molecule has 2 aromatic carbocycles. The number of nitrogens with one attached hydrogen (secondary N) is 1. The number of hydrogen-bond acceptors (Lipinski definition) is 4. The largest absolute Gasteiger partial charge is 0.365 e. The summed E-state index contributed by atoms with van der Waals surface area (Å²) in [6.07, 6.45) is 0. The molecular weight excluding hydrogens is 401 g/mol. The number of primary amides is 1. The number of carbonyl (C=O) groups is 2. The summed E-state index contributed by atoms with van der Waals surface area (Å²) in [5.74, 6) is -1.31. The molecule has 150 valence electrons. The Kier molecular flexibility index (Phi) is 5.05. The SMILES string of the molecule is Cc1sc(NC(=O)c2cc(-c3ccc(F)cc3)nc3ccccc23)c(C(N)=O)c1C. The number of aromatic nitrogens is 1. The molecule has 0 aliphatic heterocycles. The van der Waals surface area contributed by atoms with Crippen molar-refractivity contribution in [3.05, 3.63) is 82.0 Å². The smallest absolute Gasteiger partial charge is 0.257 e. The number of nitrogens with two attached hydrogens (primary N) is 1. The van der Waals surface area contributed by atoms with E-state index in [-0.39, 0.29) is 11.7 Å². The van der Waals surface area contributed by atoms with E-state index in [4.69, 9.17) is 5.73 Å². The van der Waals surface area contributed by atoms with Crippen LogP contribution in [-0.4, -0.2) is 16.8 Å². The Balaban J connectivity index is 1.82. The van der Waals surface area contributed by atoms with Crippen LogP contribution in [0, 0.1) is 19.7 Å². The number of rotatable bonds is 4. The molecule has 0 saturated carbocycles. The molecule has 0 aliphatic carbocycles. The highest BCUT2D eigenvalue weighted by Crippen LogP contribution is 2.33. The molecule has 0 spiro atoms. The first-order valence-electron chi connectivity index (χ1n) is 9.22. The van der Waals surface area contributed by atoms with Gasteiger partial charge in [0.15, 0.2) is 0 Å². The van der Waals surface area contributed by atoms with E-state index in [0.29, 0.717) is 38.3 Å². The molecule has 0 radical (unpaired) electrons. The van der Waals surface area contributed by atoms with Crippen LogP contribution in [0.4, 0.5) is 9.39 Å². The zero-order valence-corrected chi connectivity index (χ0v) is 17.1. The molecule has 7 heteroatoms. The minimum Gasteiger partial charge on any atom is -0.365 e. The molecule has 2 aromatic heterocycles. The fourth-order valence-electron chi connectivity index (χ4n) is 3.31. The molecule has 2 heterocycles. The number of aryl methyl sites for hydroxylation is 1. The van der Waals surface area contributed by atoms with Gasteiger partial charge in [0.25, 0.3) is 11.8 Å². The van der Waals surface area contributed by atoms with Gasteiger partial charge in [-0.1, -0.05) is 18.2 Å². The lowest BCUT2D eigenvalue weighted by atomic mass is 10.0. The van der Waals surface area contributed by atoms with Gasteiger partial charge in [-0.3, -0.25) is 9.59 Å². The Morgan fingerprint density at radius 3 is 2.47 bits per heavy atom. The third kappa shape index (κ3) is 3.55. The van der Waals surface area contributed by atoms with Crippen molar-refractivity contribution in [1.29, 1.82) is 0 Å². The van der Waals surface area contributed by atoms with Gasteiger partial charge in [0.05, 0.1) is 22.3 Å². The number of fused-ring (bicyclic) bond motifs is 1. The van der Waals surface area contributed by atoms with Gasteiger partial charge >= 0.3 is 0 Å². The van der Waals surface area contributed by atoms with Gasteiger partial charge in [-0.25, -0.2) is 9.37 Å². The predicted octanol–water partition coefficient (Wildman–Crippen LogP) is 5.07. The van der Waals surface area contributed by atoms with Crippen molar-refractivity contribution in [3.8, 4) is 11.3 Å². The van der Waals surface area contributed by atoms with Gasteiger partial charge in [0, 0.05) is 15.8 Å². The van der Waals surface area contributed by atoms with Crippen LogP contribution < -0.4 is 11.1 Å². The fraction of sp³-hybridized carbons (Fsp3) is 0.0870. The molecule has 0 aliphatic rings. The van der Waals surface area contributed by atoms with Crippen LogP contribution in [0.3, 0.4) is 0 Å². The maximum atomic E-state index is 13.3. The summed E-state index contributed by atoms with van der Waals surface area (Å²) in [6, 6.07) is 14.9. The molecule has 30 heavy (non-hydrogen) atoms. The first-order valence-corrected chi connectivity index (χ1v) is 10.0. The number of hydrogen-bond donors (Lipinski definition) is 2. The number of pyridine rings is 1. The maximum Gasteiger partial charge on any atom is 0.257 e. The van der Waals surface area contributed by atoms with E-state index in [2.05, 4.69) is 10.3 Å². The summed E-state index contributed by atoms with van der Waals surface area (Å²) < 4.78 is 13.3. The number of para-hydroxylation sites is 1. The van der Waals surface area contributed by atoms with Crippen molar-refractivity contribution in [2.75, 3.05) is 5.32 Å². The molecular formula is C23H18FN3O2S. The van der Waals surface area contributed by atoms with E-state index >= 15 is 0 Å². The number of nitrogens with zero attached hydrogens (tertiary/aromatic N) is 1. The van der Waals surface area contributed by atoms with E-state index in [1.165, 1.54) is 23.5 Å². The first-order chi connectivity index (χ1) is 14.3. The summed E-state index contributed by atoms with van der Waals surface area (Å²) in [5, 5.41) is 3.94. The average molecular weight is 419 g/mol. The minimum absolute atomic E-state index is 0.322. The predicted molar refractivity (Wildman–Crippen MR) is 117 cm³/mol. The van der Waals surface area contributed by atoms with E-state index < -0.39 is 5.91 Å². The summed E-state index contributed by atoms with van der Waals surface area (Å²) in [7, 11) is 0. The second-order valence-electron chi connectivity index (χ2n) is 6.88. The molecule has 0 fully saturated rings. The monoisotopic (exact) mass is 419 g/mol. The molecule has 0 unspecified atom stereocenters. The Labute approximate surface area is 176 Å². The fourth-order valence-corrected chi connectivity index (χ4v) is 4.37. The Hall–Kier alpha value is -3.58. The van der Waals surface area contributed by atoms with Crippen molar-refractivity contribution < 1.29 is 14.0 Å². The van der Waals surface area contributed by atoms with Gasteiger partial charge in [-0.2, -0.15) is 0 Å². The number of anilines is 1. The van der Waals surface area contributed by atoms with Gasteiger partial charge in [0.1, 0.15) is 10.8 Å². The van der Waals surface area contributed by atoms with Crippen LogP contribution >= 0.6 is 11.3 Å². The highest BCUT2D eigenvalue weighted by Gasteiger charge is 2.21. The first kappa shape index (κ1) is 19.7. The third-order valence-electron chi connectivity index (χ3n) is 4.96. The van der Waals surface area contributed by atoms with Crippen LogP contribution in [0.5, 0.6) is 0 Å². The van der Waals surface area contributed by atoms with Crippen LogP contribution in [-0.2, 0) is 0 Å². The van der Waals surface area contributed by atoms with Crippen LogP contribution in [0.1, 0.15) is 31.2 Å². The summed E-state index contributed by atoms with van der Waals surface area (Å²) in [6.45, 7) is 3.67. The van der Waals surface area contributed by atoms with Gasteiger partial charge in [0.2, 0.25) is 0 Å². The Morgan fingerprint density at radius 1 is 1.07 bits per heavy atom. The zero-order valence-electron chi connectivity index (χ0n) is 16.3. The number of amides is 2. The van der Waals surface area contributed by atoms with E-state index in [1.807, 2.05) is 31.2 Å². The summed E-state index contributed by atoms with van der Waals surface area (Å²) >= 11 is 1.31. The zero-order chi connectivity index (χ0) is 21.4. The van der Waals surface area contributed by atoms with Crippen molar-refractivity contribution in [1.82, 2.24) is 4.98 Å². The van der Waals surface area contributed by atoms with Crippen molar-refractivity contribution in [2.24, 2.45) is 5.73 Å².